The smallest absolute Gasteiger partial charge is 0.295 e. The quantitative estimate of drug-likeness (QED) is 0.589. The van der Waals surface area contributed by atoms with E-state index in [1.54, 1.807) is 25.6 Å². The van der Waals surface area contributed by atoms with Gasteiger partial charge < -0.3 is 21.9 Å². The van der Waals surface area contributed by atoms with Crippen LogP contribution in [0.25, 0.3) is 0 Å². The summed E-state index contributed by atoms with van der Waals surface area (Å²) in [5.74, 6) is 1.93. The zero-order chi connectivity index (χ0) is 12.3. The minimum Gasteiger partial charge on any atom is -1.00 e. The summed E-state index contributed by atoms with van der Waals surface area (Å²) >= 11 is 0. The first kappa shape index (κ1) is 14.3. The third-order valence-electron chi connectivity index (χ3n) is 2.46. The van der Waals surface area contributed by atoms with Gasteiger partial charge in [0.1, 0.15) is 0 Å². The fourth-order valence-corrected chi connectivity index (χ4v) is 1.58. The molecule has 18 heavy (non-hydrogen) atoms. The summed E-state index contributed by atoms with van der Waals surface area (Å²) in [6.45, 7) is 0.340. The van der Waals surface area contributed by atoms with E-state index in [4.69, 9.17) is 9.47 Å². The molecule has 3 N–H and O–H groups in total. The van der Waals surface area contributed by atoms with E-state index < -0.39 is 0 Å². The summed E-state index contributed by atoms with van der Waals surface area (Å²) in [5.41, 5.74) is 3.32. The number of halogens is 1. The van der Waals surface area contributed by atoms with E-state index in [2.05, 4.69) is 10.5 Å². The molecule has 1 amide bonds. The molecule has 0 saturated heterocycles. The molecule has 1 aromatic carbocycles. The fraction of sp³-hybridized carbons (Fsp3) is 0.273. The van der Waals surface area contributed by atoms with Gasteiger partial charge in [-0.15, -0.1) is 5.10 Å². The Bertz CT molecular complexity index is 477. The molecule has 2 rings (SSSR count). The summed E-state index contributed by atoms with van der Waals surface area (Å²) in [7, 11) is 3.16. The molecular weight excluding hydrogens is 258 g/mol. The number of nitrogens with zero attached hydrogens (tertiary/aromatic N) is 1. The highest BCUT2D eigenvalue weighted by Crippen LogP contribution is 2.27. The molecule has 0 atom stereocenters. The molecule has 0 bridgehead atoms. The number of quaternary nitrogens is 1. The molecule has 7 heteroatoms. The van der Waals surface area contributed by atoms with E-state index in [-0.39, 0.29) is 18.3 Å². The van der Waals surface area contributed by atoms with E-state index in [0.29, 0.717) is 18.0 Å². The first-order valence-electron chi connectivity index (χ1n) is 5.16. The van der Waals surface area contributed by atoms with E-state index in [9.17, 15) is 4.79 Å². The second kappa shape index (κ2) is 6.23. The lowest BCUT2D eigenvalue weighted by molar-refractivity contribution is -0.529. The summed E-state index contributed by atoms with van der Waals surface area (Å²) in [6, 6.07) is 5.50. The molecule has 0 unspecified atom stereocenters. The van der Waals surface area contributed by atoms with Crippen LogP contribution in [0, 0.1) is 0 Å². The number of rotatable bonds is 3. The Morgan fingerprint density at radius 3 is 2.56 bits per heavy atom. The van der Waals surface area contributed by atoms with Gasteiger partial charge >= 0.3 is 0 Å². The maximum Gasteiger partial charge on any atom is 0.295 e. The Balaban J connectivity index is 0.00000162. The lowest BCUT2D eigenvalue weighted by atomic mass is 10.1. The van der Waals surface area contributed by atoms with Crippen molar-refractivity contribution in [3.05, 3.63) is 23.8 Å². The van der Waals surface area contributed by atoms with Crippen LogP contribution in [0.4, 0.5) is 0 Å². The van der Waals surface area contributed by atoms with Crippen molar-refractivity contribution in [2.75, 3.05) is 20.8 Å². The lowest BCUT2D eigenvalue weighted by Crippen LogP contribution is -3.00. The van der Waals surface area contributed by atoms with Gasteiger partial charge in [0, 0.05) is 0 Å². The fourth-order valence-electron chi connectivity index (χ4n) is 1.58. The van der Waals surface area contributed by atoms with Gasteiger partial charge in [0.25, 0.3) is 5.91 Å². The first-order valence-corrected chi connectivity index (χ1v) is 5.16. The lowest BCUT2D eigenvalue weighted by Gasteiger charge is -2.12. The van der Waals surface area contributed by atoms with Gasteiger partial charge in [0.2, 0.25) is 5.84 Å². The van der Waals surface area contributed by atoms with Gasteiger partial charge in [0.15, 0.2) is 18.0 Å². The molecule has 0 aliphatic carbocycles. The van der Waals surface area contributed by atoms with Gasteiger partial charge in [0.05, 0.1) is 19.8 Å². The number of nitrogens with one attached hydrogen (secondary N) is 1. The SMILES string of the molecule is COc1ccc(C2=NNC(=O)C[NH2+]2)cc1OC.[Cl-]. The van der Waals surface area contributed by atoms with E-state index in [0.717, 1.165) is 11.4 Å². The van der Waals surface area contributed by atoms with Crippen LogP contribution < -0.4 is 32.6 Å². The second-order valence-corrected chi connectivity index (χ2v) is 3.51. The highest BCUT2D eigenvalue weighted by molar-refractivity contribution is 5.95. The number of amidine groups is 1. The number of nitrogens with two attached hydrogens (primary N) is 1. The highest BCUT2D eigenvalue weighted by Gasteiger charge is 2.18. The van der Waals surface area contributed by atoms with Gasteiger partial charge in [-0.1, -0.05) is 0 Å². The van der Waals surface area contributed by atoms with Crippen molar-refractivity contribution in [2.24, 2.45) is 5.10 Å². The first-order chi connectivity index (χ1) is 8.24. The van der Waals surface area contributed by atoms with Crippen LogP contribution in [0.2, 0.25) is 0 Å². The molecular formula is C11H14ClN3O3. The Hall–Kier alpha value is -1.79. The number of carbonyl (C=O) groups excluding carboxylic acids is 1. The standard InChI is InChI=1S/C11H13N3O3.ClH/c1-16-8-4-3-7(5-9(8)17-2)11-12-6-10(15)13-14-11;/h3-5H,6H2,1-2H3,(H,12,14)(H,13,15);1H. The van der Waals surface area contributed by atoms with Crippen LogP contribution in [0.15, 0.2) is 23.3 Å². The second-order valence-electron chi connectivity index (χ2n) is 3.51. The summed E-state index contributed by atoms with van der Waals surface area (Å²) in [5, 5.41) is 5.75. The predicted molar refractivity (Wildman–Crippen MR) is 61.0 cm³/mol. The maximum atomic E-state index is 11.0. The molecule has 98 valence electrons. The van der Waals surface area contributed by atoms with Crippen LogP contribution in [-0.2, 0) is 4.79 Å². The van der Waals surface area contributed by atoms with Crippen molar-refractivity contribution in [3.63, 3.8) is 0 Å². The monoisotopic (exact) mass is 271 g/mol. The van der Waals surface area contributed by atoms with Crippen molar-refractivity contribution >= 4 is 11.7 Å². The Labute approximate surface area is 111 Å². The van der Waals surface area contributed by atoms with Crippen LogP contribution in [0.3, 0.4) is 0 Å². The highest BCUT2D eigenvalue weighted by atomic mass is 35.5. The Kier molecular flexibility index (Phi) is 4.94. The Morgan fingerprint density at radius 1 is 1.28 bits per heavy atom. The molecule has 0 aromatic heterocycles. The number of methoxy groups -OCH3 is 2. The summed E-state index contributed by atoms with van der Waals surface area (Å²) in [4.78, 5) is 11.0. The van der Waals surface area contributed by atoms with Crippen LogP contribution in [-0.4, -0.2) is 32.5 Å². The van der Waals surface area contributed by atoms with Crippen LogP contribution in [0.5, 0.6) is 11.5 Å². The molecule has 0 saturated carbocycles. The minimum atomic E-state index is -0.103. The predicted octanol–water partition coefficient (Wildman–Crippen LogP) is -3.94. The number of ether oxygens (including phenoxy) is 2. The van der Waals surface area contributed by atoms with Crippen molar-refractivity contribution < 1.29 is 32.0 Å². The van der Waals surface area contributed by atoms with Gasteiger partial charge in [-0.25, -0.2) is 5.43 Å². The summed E-state index contributed by atoms with van der Waals surface area (Å²) < 4.78 is 10.4. The average Bonchev–Trinajstić information content (AvgIpc) is 2.39. The molecule has 1 aliphatic rings. The third kappa shape index (κ3) is 2.91. The number of benzene rings is 1. The van der Waals surface area contributed by atoms with E-state index in [1.807, 2.05) is 12.1 Å². The number of hydrazone groups is 1. The normalized spacial score (nSPS) is 14.1. The largest absolute Gasteiger partial charge is 1.00 e. The topological polar surface area (TPSA) is 76.5 Å². The third-order valence-corrected chi connectivity index (χ3v) is 2.46. The zero-order valence-corrected chi connectivity index (χ0v) is 10.8. The molecule has 1 aromatic rings. The molecule has 0 radical (unpaired) electrons. The molecule has 0 spiro atoms. The van der Waals surface area contributed by atoms with Crippen molar-refractivity contribution in [2.45, 2.75) is 0 Å². The molecule has 6 nitrogen and oxygen atoms in total. The van der Waals surface area contributed by atoms with Crippen molar-refractivity contribution in [1.29, 1.82) is 0 Å². The van der Waals surface area contributed by atoms with Crippen LogP contribution >= 0.6 is 0 Å². The van der Waals surface area contributed by atoms with Gasteiger partial charge in [-0.05, 0) is 18.2 Å². The van der Waals surface area contributed by atoms with E-state index >= 15 is 0 Å². The Morgan fingerprint density at radius 2 is 2.00 bits per heavy atom. The van der Waals surface area contributed by atoms with Crippen molar-refractivity contribution in [3.8, 4) is 11.5 Å². The van der Waals surface area contributed by atoms with Gasteiger partial charge in [-0.2, -0.15) is 0 Å². The summed E-state index contributed by atoms with van der Waals surface area (Å²) in [6.07, 6.45) is 0. The number of hydrogen-bond donors (Lipinski definition) is 2. The van der Waals surface area contributed by atoms with Gasteiger partial charge in [-0.3, -0.25) is 10.1 Å². The molecule has 1 aliphatic heterocycles. The minimum absolute atomic E-state index is 0. The average molecular weight is 272 g/mol. The zero-order valence-electron chi connectivity index (χ0n) is 10.1. The molecule has 1 heterocycles. The van der Waals surface area contributed by atoms with Crippen LogP contribution in [0.1, 0.15) is 5.56 Å². The number of hydrogen-bond acceptors (Lipinski definition) is 4. The maximum absolute atomic E-state index is 11.0. The number of carbonyl (C=O) groups is 1. The molecule has 0 fully saturated rings. The number of amides is 1. The van der Waals surface area contributed by atoms with E-state index in [1.165, 1.54) is 0 Å². The van der Waals surface area contributed by atoms with Crippen molar-refractivity contribution in [1.82, 2.24) is 5.43 Å².